The summed E-state index contributed by atoms with van der Waals surface area (Å²) in [6.07, 6.45) is 0. The van der Waals surface area contributed by atoms with Crippen molar-refractivity contribution in [2.24, 2.45) is 5.84 Å². The summed E-state index contributed by atoms with van der Waals surface area (Å²) in [5, 5.41) is 2.15. The molecule has 0 aromatic carbocycles. The molecule has 0 radical (unpaired) electrons. The molecule has 0 saturated carbocycles. The fourth-order valence-corrected chi connectivity index (χ4v) is 3.95. The van der Waals surface area contributed by atoms with Gasteiger partial charge in [0.1, 0.15) is 9.86 Å². The van der Waals surface area contributed by atoms with Gasteiger partial charge in [-0.3, -0.25) is 5.43 Å². The van der Waals surface area contributed by atoms with Crippen LogP contribution in [0.15, 0.2) is 11.1 Å². The zero-order chi connectivity index (χ0) is 14.5. The number of aromatic nitrogens is 2. The van der Waals surface area contributed by atoms with Gasteiger partial charge in [0, 0.05) is 22.6 Å². The molecule has 20 heavy (non-hydrogen) atoms. The molecule has 0 aliphatic carbocycles. The van der Waals surface area contributed by atoms with E-state index in [9.17, 15) is 0 Å². The Balaban J connectivity index is 2.15. The lowest BCUT2D eigenvalue weighted by Crippen LogP contribution is -2.25. The molecular weight excluding hydrogens is 290 g/mol. The molecule has 0 atom stereocenters. The first-order valence-corrected chi connectivity index (χ1v) is 8.58. The number of nitrogens with zero attached hydrogens (tertiary/aromatic N) is 3. The van der Waals surface area contributed by atoms with Gasteiger partial charge in [0.15, 0.2) is 0 Å². The van der Waals surface area contributed by atoms with Crippen molar-refractivity contribution in [3.8, 4) is 0 Å². The van der Waals surface area contributed by atoms with Crippen molar-refractivity contribution in [3.05, 3.63) is 10.9 Å². The van der Waals surface area contributed by atoms with Crippen LogP contribution in [0.4, 0.5) is 5.95 Å². The standard InChI is InChI=1S/C13H21N5S2/c1-4-18(5-2)6-7-19-11-10-8-9(3)20-12(10)16-13(15-11)17-14/h8H,4-7,14H2,1-3H3,(H,15,16,17). The van der Waals surface area contributed by atoms with Gasteiger partial charge in [-0.05, 0) is 26.1 Å². The summed E-state index contributed by atoms with van der Waals surface area (Å²) < 4.78 is 0. The van der Waals surface area contributed by atoms with Gasteiger partial charge >= 0.3 is 0 Å². The zero-order valence-electron chi connectivity index (χ0n) is 12.1. The van der Waals surface area contributed by atoms with E-state index in [1.807, 2.05) is 0 Å². The van der Waals surface area contributed by atoms with E-state index in [0.29, 0.717) is 5.95 Å². The van der Waals surface area contributed by atoms with Crippen LogP contribution in [0.2, 0.25) is 0 Å². The molecule has 0 aliphatic heterocycles. The first-order valence-electron chi connectivity index (χ1n) is 6.77. The molecule has 0 saturated heterocycles. The number of fused-ring (bicyclic) bond motifs is 1. The molecule has 0 fully saturated rings. The second kappa shape index (κ2) is 7.21. The average molecular weight is 311 g/mol. The summed E-state index contributed by atoms with van der Waals surface area (Å²) >= 11 is 3.44. The Morgan fingerprint density at radius 3 is 2.75 bits per heavy atom. The Hall–Kier alpha value is -0.890. The first-order chi connectivity index (χ1) is 9.67. The van der Waals surface area contributed by atoms with E-state index in [-0.39, 0.29) is 0 Å². The minimum Gasteiger partial charge on any atom is -0.303 e. The van der Waals surface area contributed by atoms with E-state index < -0.39 is 0 Å². The van der Waals surface area contributed by atoms with Gasteiger partial charge in [-0.15, -0.1) is 23.1 Å². The molecule has 110 valence electrons. The maximum Gasteiger partial charge on any atom is 0.239 e. The van der Waals surface area contributed by atoms with Crippen molar-refractivity contribution in [1.82, 2.24) is 14.9 Å². The van der Waals surface area contributed by atoms with Crippen molar-refractivity contribution < 1.29 is 0 Å². The molecule has 7 heteroatoms. The number of rotatable bonds is 7. The van der Waals surface area contributed by atoms with Crippen molar-refractivity contribution in [2.45, 2.75) is 25.8 Å². The number of hydrogen-bond acceptors (Lipinski definition) is 7. The van der Waals surface area contributed by atoms with Crippen molar-refractivity contribution >= 4 is 39.3 Å². The Morgan fingerprint density at radius 2 is 2.10 bits per heavy atom. The summed E-state index contributed by atoms with van der Waals surface area (Å²) in [6.45, 7) is 9.71. The second-order valence-electron chi connectivity index (χ2n) is 4.45. The molecule has 2 rings (SSSR count). The summed E-state index contributed by atoms with van der Waals surface area (Å²) in [5.74, 6) is 6.96. The molecule has 0 bridgehead atoms. The van der Waals surface area contributed by atoms with Crippen LogP contribution in [0.3, 0.4) is 0 Å². The van der Waals surface area contributed by atoms with Crippen LogP contribution in [-0.2, 0) is 0 Å². The van der Waals surface area contributed by atoms with Crippen LogP contribution in [0.1, 0.15) is 18.7 Å². The summed E-state index contributed by atoms with van der Waals surface area (Å²) in [5.41, 5.74) is 2.55. The van der Waals surface area contributed by atoms with Gasteiger partial charge in [-0.25, -0.2) is 15.8 Å². The van der Waals surface area contributed by atoms with Gasteiger partial charge in [-0.2, -0.15) is 0 Å². The number of thioether (sulfide) groups is 1. The molecule has 0 unspecified atom stereocenters. The third kappa shape index (κ3) is 3.60. The summed E-state index contributed by atoms with van der Waals surface area (Å²) in [7, 11) is 0. The maximum atomic E-state index is 5.45. The van der Waals surface area contributed by atoms with E-state index in [4.69, 9.17) is 5.84 Å². The molecule has 2 aromatic heterocycles. The average Bonchev–Trinajstić information content (AvgIpc) is 2.83. The highest BCUT2D eigenvalue weighted by Gasteiger charge is 2.11. The van der Waals surface area contributed by atoms with E-state index in [1.165, 1.54) is 4.88 Å². The van der Waals surface area contributed by atoms with Crippen LogP contribution in [0.5, 0.6) is 0 Å². The Bertz CT molecular complexity index is 565. The zero-order valence-corrected chi connectivity index (χ0v) is 13.8. The number of anilines is 1. The third-order valence-electron chi connectivity index (χ3n) is 3.15. The van der Waals surface area contributed by atoms with Crippen molar-refractivity contribution in [3.63, 3.8) is 0 Å². The normalized spacial score (nSPS) is 11.4. The fourth-order valence-electron chi connectivity index (χ4n) is 2.00. The van der Waals surface area contributed by atoms with Gasteiger partial charge in [0.05, 0.1) is 0 Å². The number of hydrazine groups is 1. The molecular formula is C13H21N5S2. The lowest BCUT2D eigenvalue weighted by atomic mass is 10.4. The summed E-state index contributed by atoms with van der Waals surface area (Å²) in [6, 6.07) is 2.15. The van der Waals surface area contributed by atoms with E-state index >= 15 is 0 Å². The Labute approximate surface area is 127 Å². The SMILES string of the molecule is CCN(CC)CCSc1nc(NN)nc2sc(C)cc12. The highest BCUT2D eigenvalue weighted by Crippen LogP contribution is 2.31. The molecule has 0 spiro atoms. The van der Waals surface area contributed by atoms with E-state index in [1.54, 1.807) is 23.1 Å². The highest BCUT2D eigenvalue weighted by molar-refractivity contribution is 7.99. The largest absolute Gasteiger partial charge is 0.303 e. The topological polar surface area (TPSA) is 67.1 Å². The van der Waals surface area contributed by atoms with Crippen LogP contribution in [0.25, 0.3) is 10.2 Å². The molecule has 5 nitrogen and oxygen atoms in total. The van der Waals surface area contributed by atoms with Gasteiger partial charge < -0.3 is 4.90 Å². The Kier molecular flexibility index (Phi) is 5.59. The van der Waals surface area contributed by atoms with Crippen LogP contribution in [-0.4, -0.2) is 40.3 Å². The van der Waals surface area contributed by atoms with Gasteiger partial charge in [-0.1, -0.05) is 13.8 Å². The monoisotopic (exact) mass is 311 g/mol. The highest BCUT2D eigenvalue weighted by atomic mass is 32.2. The third-order valence-corrected chi connectivity index (χ3v) is 5.07. The molecule has 2 aromatic rings. The first kappa shape index (κ1) is 15.5. The molecule has 0 amide bonds. The van der Waals surface area contributed by atoms with Crippen molar-refractivity contribution in [2.75, 3.05) is 30.8 Å². The smallest absolute Gasteiger partial charge is 0.239 e. The maximum absolute atomic E-state index is 5.45. The van der Waals surface area contributed by atoms with Gasteiger partial charge in [0.25, 0.3) is 0 Å². The number of nitrogen functional groups attached to an aromatic ring is 1. The number of hydrogen-bond donors (Lipinski definition) is 2. The number of nitrogens with one attached hydrogen (secondary N) is 1. The number of nitrogens with two attached hydrogens (primary N) is 1. The van der Waals surface area contributed by atoms with Crippen LogP contribution >= 0.6 is 23.1 Å². The second-order valence-corrected chi connectivity index (χ2v) is 6.77. The molecule has 2 heterocycles. The quantitative estimate of drug-likeness (QED) is 0.355. The van der Waals surface area contributed by atoms with Crippen molar-refractivity contribution in [1.29, 1.82) is 0 Å². The predicted molar refractivity (Wildman–Crippen MR) is 88.5 cm³/mol. The Morgan fingerprint density at radius 1 is 1.35 bits per heavy atom. The fraction of sp³-hybridized carbons (Fsp3) is 0.538. The van der Waals surface area contributed by atoms with Crippen LogP contribution in [0, 0.1) is 6.92 Å². The lowest BCUT2D eigenvalue weighted by Gasteiger charge is -2.17. The minimum absolute atomic E-state index is 0.490. The van der Waals surface area contributed by atoms with E-state index in [0.717, 1.165) is 40.6 Å². The van der Waals surface area contributed by atoms with E-state index in [2.05, 4.69) is 47.1 Å². The number of aryl methyl sites for hydroxylation is 1. The molecule has 0 aliphatic rings. The summed E-state index contributed by atoms with van der Waals surface area (Å²) in [4.78, 5) is 13.5. The van der Waals surface area contributed by atoms with Crippen LogP contribution < -0.4 is 11.3 Å². The number of thiophene rings is 1. The molecule has 3 N–H and O–H groups in total. The lowest BCUT2D eigenvalue weighted by molar-refractivity contribution is 0.324. The minimum atomic E-state index is 0.490. The predicted octanol–water partition coefficient (Wildman–Crippen LogP) is 2.72. The van der Waals surface area contributed by atoms with Gasteiger partial charge in [0.2, 0.25) is 5.95 Å².